The summed E-state index contributed by atoms with van der Waals surface area (Å²) in [7, 11) is -1.82. The average Bonchev–Trinajstić information content (AvgIpc) is 2.71. The second-order valence-corrected chi connectivity index (χ2v) is 9.39. The zero-order valence-corrected chi connectivity index (χ0v) is 17.4. The number of benzene rings is 2. The monoisotopic (exact) mass is 436 g/mol. The van der Waals surface area contributed by atoms with E-state index in [1.807, 2.05) is 35.2 Å². The number of anilines is 1. The lowest BCUT2D eigenvalue weighted by Crippen LogP contribution is -2.46. The number of ether oxygens (including phenoxy) is 1. The Bertz CT molecular complexity index is 997. The Kier molecular flexibility index (Phi) is 6.56. The third-order valence-electron chi connectivity index (χ3n) is 4.75. The Hall–Kier alpha value is -2.42. The molecule has 1 N–H and O–H groups in total. The lowest BCUT2D eigenvalue weighted by Gasteiger charge is -2.33. The highest BCUT2D eigenvalue weighted by molar-refractivity contribution is 7.91. The van der Waals surface area contributed by atoms with Gasteiger partial charge in [-0.15, -0.1) is 0 Å². The number of hydrogen-bond donors (Lipinski definition) is 1. The van der Waals surface area contributed by atoms with Crippen LogP contribution in [0.25, 0.3) is 0 Å². The maximum absolute atomic E-state index is 13.2. The third-order valence-corrected chi connectivity index (χ3v) is 6.69. The first-order valence-electron chi connectivity index (χ1n) is 8.99. The molecule has 9 heteroatoms. The van der Waals surface area contributed by atoms with E-state index in [2.05, 4.69) is 5.32 Å². The largest absolute Gasteiger partial charge is 0.465 e. The molecule has 1 amide bonds. The molecule has 1 fully saturated rings. The molecule has 2 aromatic rings. The highest BCUT2D eigenvalue weighted by atomic mass is 35.5. The minimum Gasteiger partial charge on any atom is -0.465 e. The Balaban J connectivity index is 1.89. The number of halogens is 1. The Labute approximate surface area is 174 Å². The topological polar surface area (TPSA) is 92.8 Å². The SMILES string of the molecule is COC(=O)c1ccc(Cl)c(NC(=O)C(c2ccccc2)N2CCS(=O)(=O)CC2)c1. The molecule has 2 aromatic carbocycles. The molecule has 1 aliphatic heterocycles. The Morgan fingerprint density at radius 1 is 1.10 bits per heavy atom. The average molecular weight is 437 g/mol. The van der Waals surface area contributed by atoms with Crippen molar-refractivity contribution in [3.63, 3.8) is 0 Å². The van der Waals surface area contributed by atoms with Crippen LogP contribution in [0, 0.1) is 0 Å². The fraction of sp³-hybridized carbons (Fsp3) is 0.300. The molecule has 1 saturated heterocycles. The minimum absolute atomic E-state index is 0.00218. The number of carbonyl (C=O) groups excluding carboxylic acids is 2. The van der Waals surface area contributed by atoms with Gasteiger partial charge in [0.25, 0.3) is 0 Å². The number of hydrogen-bond acceptors (Lipinski definition) is 6. The molecule has 0 spiro atoms. The molecule has 0 bridgehead atoms. The summed E-state index contributed by atoms with van der Waals surface area (Å²) in [6.07, 6.45) is 0. The van der Waals surface area contributed by atoms with Crippen LogP contribution in [0.4, 0.5) is 5.69 Å². The van der Waals surface area contributed by atoms with Crippen LogP contribution >= 0.6 is 11.6 Å². The van der Waals surface area contributed by atoms with Crippen LogP contribution in [0.5, 0.6) is 0 Å². The molecular weight excluding hydrogens is 416 g/mol. The summed E-state index contributed by atoms with van der Waals surface area (Å²) in [5.41, 5.74) is 1.28. The molecular formula is C20H21ClN2O5S. The summed E-state index contributed by atoms with van der Waals surface area (Å²) in [5, 5.41) is 3.05. The number of amides is 1. The van der Waals surface area contributed by atoms with E-state index in [0.29, 0.717) is 0 Å². The fourth-order valence-electron chi connectivity index (χ4n) is 3.22. The van der Waals surface area contributed by atoms with Gasteiger partial charge in [-0.1, -0.05) is 41.9 Å². The second kappa shape index (κ2) is 8.94. The standard InChI is InChI=1S/C20H21ClN2O5S/c1-28-20(25)15-7-8-16(21)17(13-15)22-19(24)18(14-5-3-2-4-6-14)23-9-11-29(26,27)12-10-23/h2-8,13,18H,9-12H2,1H3,(H,22,24). The van der Waals surface area contributed by atoms with Gasteiger partial charge in [0.05, 0.1) is 34.9 Å². The molecule has 7 nitrogen and oxygen atoms in total. The van der Waals surface area contributed by atoms with E-state index in [1.165, 1.54) is 25.3 Å². The van der Waals surface area contributed by atoms with Gasteiger partial charge in [-0.05, 0) is 23.8 Å². The predicted molar refractivity (Wildman–Crippen MR) is 111 cm³/mol. The second-order valence-electron chi connectivity index (χ2n) is 6.68. The van der Waals surface area contributed by atoms with Crippen molar-refractivity contribution in [2.45, 2.75) is 6.04 Å². The van der Waals surface area contributed by atoms with E-state index in [4.69, 9.17) is 16.3 Å². The van der Waals surface area contributed by atoms with Crippen molar-refractivity contribution < 1.29 is 22.7 Å². The molecule has 0 saturated carbocycles. The quantitative estimate of drug-likeness (QED) is 0.724. The van der Waals surface area contributed by atoms with Crippen molar-refractivity contribution in [2.24, 2.45) is 0 Å². The number of nitrogens with zero attached hydrogens (tertiary/aromatic N) is 1. The van der Waals surface area contributed by atoms with Crippen LogP contribution in [-0.2, 0) is 19.4 Å². The van der Waals surface area contributed by atoms with Crippen molar-refractivity contribution in [3.8, 4) is 0 Å². The maximum atomic E-state index is 13.2. The van der Waals surface area contributed by atoms with Crippen molar-refractivity contribution in [3.05, 3.63) is 64.7 Å². The van der Waals surface area contributed by atoms with Gasteiger partial charge >= 0.3 is 5.97 Å². The van der Waals surface area contributed by atoms with Crippen LogP contribution in [0.3, 0.4) is 0 Å². The van der Waals surface area contributed by atoms with Crippen molar-refractivity contribution in [2.75, 3.05) is 37.0 Å². The first-order chi connectivity index (χ1) is 13.8. The zero-order chi connectivity index (χ0) is 21.0. The number of rotatable bonds is 5. The smallest absolute Gasteiger partial charge is 0.337 e. The number of carbonyl (C=O) groups is 2. The van der Waals surface area contributed by atoms with Gasteiger partial charge in [0.15, 0.2) is 9.84 Å². The Morgan fingerprint density at radius 2 is 1.76 bits per heavy atom. The molecule has 154 valence electrons. The summed E-state index contributed by atoms with van der Waals surface area (Å²) in [5.74, 6) is -0.901. The summed E-state index contributed by atoms with van der Waals surface area (Å²) >= 11 is 6.20. The molecule has 1 atom stereocenters. The van der Waals surface area contributed by atoms with E-state index < -0.39 is 21.8 Å². The molecule has 1 aliphatic rings. The summed E-state index contributed by atoms with van der Waals surface area (Å²) in [6.45, 7) is 0.510. The van der Waals surface area contributed by atoms with E-state index in [-0.39, 0.29) is 46.8 Å². The van der Waals surface area contributed by atoms with Crippen LogP contribution in [-0.4, -0.2) is 56.9 Å². The minimum atomic E-state index is -3.09. The normalized spacial score (nSPS) is 17.3. The molecule has 0 aliphatic carbocycles. The highest BCUT2D eigenvalue weighted by Crippen LogP contribution is 2.28. The molecule has 3 rings (SSSR count). The first kappa shape index (κ1) is 21.3. The van der Waals surface area contributed by atoms with Gasteiger partial charge < -0.3 is 10.1 Å². The highest BCUT2D eigenvalue weighted by Gasteiger charge is 2.32. The van der Waals surface area contributed by atoms with Gasteiger partial charge in [-0.3, -0.25) is 9.69 Å². The molecule has 1 heterocycles. The van der Waals surface area contributed by atoms with E-state index >= 15 is 0 Å². The third kappa shape index (κ3) is 5.14. The van der Waals surface area contributed by atoms with Gasteiger partial charge in [0, 0.05) is 13.1 Å². The van der Waals surface area contributed by atoms with Gasteiger partial charge in [-0.2, -0.15) is 0 Å². The fourth-order valence-corrected chi connectivity index (χ4v) is 4.61. The lowest BCUT2D eigenvalue weighted by atomic mass is 10.0. The van der Waals surface area contributed by atoms with Crippen LogP contribution in [0.15, 0.2) is 48.5 Å². The van der Waals surface area contributed by atoms with Gasteiger partial charge in [0.1, 0.15) is 6.04 Å². The number of methoxy groups -OCH3 is 1. The van der Waals surface area contributed by atoms with Crippen molar-refractivity contribution in [1.82, 2.24) is 4.90 Å². The van der Waals surface area contributed by atoms with Crippen molar-refractivity contribution in [1.29, 1.82) is 0 Å². The van der Waals surface area contributed by atoms with E-state index in [9.17, 15) is 18.0 Å². The molecule has 0 aromatic heterocycles. The van der Waals surface area contributed by atoms with E-state index in [1.54, 1.807) is 0 Å². The van der Waals surface area contributed by atoms with Gasteiger partial charge in [0.2, 0.25) is 5.91 Å². The first-order valence-corrected chi connectivity index (χ1v) is 11.2. The molecule has 0 radical (unpaired) electrons. The molecule has 29 heavy (non-hydrogen) atoms. The van der Waals surface area contributed by atoms with Crippen molar-refractivity contribution >= 4 is 39.0 Å². The van der Waals surface area contributed by atoms with Gasteiger partial charge in [-0.25, -0.2) is 13.2 Å². The Morgan fingerprint density at radius 3 is 2.38 bits per heavy atom. The molecule has 1 unspecified atom stereocenters. The van der Waals surface area contributed by atoms with Crippen LogP contribution in [0.2, 0.25) is 5.02 Å². The summed E-state index contributed by atoms with van der Waals surface area (Å²) in [4.78, 5) is 26.8. The van der Waals surface area contributed by atoms with Crippen LogP contribution in [0.1, 0.15) is 22.0 Å². The summed E-state index contributed by atoms with van der Waals surface area (Å²) < 4.78 is 28.3. The van der Waals surface area contributed by atoms with E-state index in [0.717, 1.165) is 5.56 Å². The predicted octanol–water partition coefficient (Wildman–Crippen LogP) is 2.54. The maximum Gasteiger partial charge on any atom is 0.337 e. The zero-order valence-electron chi connectivity index (χ0n) is 15.8. The number of nitrogens with one attached hydrogen (secondary N) is 1. The summed E-state index contributed by atoms with van der Waals surface area (Å²) in [6, 6.07) is 12.9. The number of esters is 1. The van der Waals surface area contributed by atoms with Crippen LogP contribution < -0.4 is 5.32 Å². The number of sulfone groups is 1. The lowest BCUT2D eigenvalue weighted by molar-refractivity contribution is -0.121.